The second-order valence-corrected chi connectivity index (χ2v) is 6.28. The van der Waals surface area contributed by atoms with E-state index in [1.807, 2.05) is 24.3 Å². The van der Waals surface area contributed by atoms with Crippen LogP contribution in [-0.2, 0) is 0 Å². The van der Waals surface area contributed by atoms with Crippen LogP contribution < -0.4 is 15.2 Å². The van der Waals surface area contributed by atoms with Gasteiger partial charge in [0.25, 0.3) is 0 Å². The Morgan fingerprint density at radius 3 is 2.52 bits per heavy atom. The van der Waals surface area contributed by atoms with Crippen LogP contribution in [0.5, 0.6) is 11.5 Å². The molecule has 0 saturated carbocycles. The van der Waals surface area contributed by atoms with Crippen LogP contribution in [0, 0.1) is 0 Å². The smallest absolute Gasteiger partial charge is 0.161 e. The van der Waals surface area contributed by atoms with Gasteiger partial charge in [0, 0.05) is 24.7 Å². The first-order valence-corrected chi connectivity index (χ1v) is 8.15. The third kappa shape index (κ3) is 4.25. The van der Waals surface area contributed by atoms with Crippen LogP contribution in [0.3, 0.4) is 0 Å². The van der Waals surface area contributed by atoms with Crippen LogP contribution >= 0.6 is 0 Å². The average molecular weight is 320 g/mol. The summed E-state index contributed by atoms with van der Waals surface area (Å²) in [5.74, 6) is 1.38. The van der Waals surface area contributed by atoms with Gasteiger partial charge in [-0.2, -0.15) is 0 Å². The first-order chi connectivity index (χ1) is 10.9. The third-order valence-corrected chi connectivity index (χ3v) is 4.26. The van der Waals surface area contributed by atoms with Gasteiger partial charge in [-0.15, -0.1) is 6.58 Å². The Morgan fingerprint density at radius 1 is 1.26 bits per heavy atom. The molecule has 0 aromatic heterocycles. The van der Waals surface area contributed by atoms with Crippen LogP contribution in [0.1, 0.15) is 32.4 Å². The molecule has 3 N–H and O–H groups in total. The van der Waals surface area contributed by atoms with Crippen LogP contribution in [0.2, 0.25) is 0 Å². The van der Waals surface area contributed by atoms with E-state index in [-0.39, 0.29) is 6.04 Å². The van der Waals surface area contributed by atoms with Crippen molar-refractivity contribution in [3.05, 3.63) is 36.4 Å². The highest BCUT2D eigenvalue weighted by Gasteiger charge is 2.25. The number of nitrogens with zero attached hydrogens (tertiary/aromatic N) is 1. The van der Waals surface area contributed by atoms with Crippen LogP contribution in [0.4, 0.5) is 0 Å². The van der Waals surface area contributed by atoms with Crippen molar-refractivity contribution in [2.75, 3.05) is 19.8 Å². The van der Waals surface area contributed by atoms with Crippen molar-refractivity contribution in [1.82, 2.24) is 4.90 Å². The second-order valence-electron chi connectivity index (χ2n) is 6.28. The van der Waals surface area contributed by atoms with E-state index in [2.05, 4.69) is 32.3 Å². The molecule has 5 nitrogen and oxygen atoms in total. The SMILES string of the molecule is C=CC(C)N(CC(N)C(O)c1ccc2c(c1)OCCO2)C(C)C. The summed E-state index contributed by atoms with van der Waals surface area (Å²) in [5, 5.41) is 10.6. The minimum absolute atomic E-state index is 0.202. The van der Waals surface area contributed by atoms with E-state index in [0.717, 1.165) is 5.56 Å². The summed E-state index contributed by atoms with van der Waals surface area (Å²) in [7, 11) is 0. The number of nitrogens with two attached hydrogens (primary N) is 1. The zero-order chi connectivity index (χ0) is 17.0. The molecule has 0 saturated heterocycles. The molecule has 0 radical (unpaired) electrons. The highest BCUT2D eigenvalue weighted by molar-refractivity contribution is 5.44. The van der Waals surface area contributed by atoms with Gasteiger partial charge in [-0.1, -0.05) is 12.1 Å². The summed E-state index contributed by atoms with van der Waals surface area (Å²) >= 11 is 0. The molecule has 23 heavy (non-hydrogen) atoms. The zero-order valence-electron chi connectivity index (χ0n) is 14.2. The number of fused-ring (bicyclic) bond motifs is 1. The minimum Gasteiger partial charge on any atom is -0.486 e. The molecule has 5 heteroatoms. The lowest BCUT2D eigenvalue weighted by Crippen LogP contribution is -2.47. The molecule has 0 spiro atoms. The van der Waals surface area contributed by atoms with Gasteiger partial charge in [-0.3, -0.25) is 4.90 Å². The highest BCUT2D eigenvalue weighted by atomic mass is 16.6. The van der Waals surface area contributed by atoms with E-state index in [1.54, 1.807) is 0 Å². The van der Waals surface area contributed by atoms with E-state index in [9.17, 15) is 5.11 Å². The fourth-order valence-corrected chi connectivity index (χ4v) is 2.82. The molecular weight excluding hydrogens is 292 g/mol. The van der Waals surface area contributed by atoms with Gasteiger partial charge < -0.3 is 20.3 Å². The maximum atomic E-state index is 10.6. The quantitative estimate of drug-likeness (QED) is 0.753. The molecule has 3 atom stereocenters. The molecule has 1 heterocycles. The Labute approximate surface area is 138 Å². The van der Waals surface area contributed by atoms with Gasteiger partial charge in [-0.05, 0) is 38.5 Å². The molecule has 0 amide bonds. The summed E-state index contributed by atoms with van der Waals surface area (Å²) in [6.07, 6.45) is 1.13. The summed E-state index contributed by atoms with van der Waals surface area (Å²) in [6, 6.07) is 5.61. The lowest BCUT2D eigenvalue weighted by Gasteiger charge is -2.34. The summed E-state index contributed by atoms with van der Waals surface area (Å²) in [5.41, 5.74) is 7.01. The lowest BCUT2D eigenvalue weighted by atomic mass is 10.0. The van der Waals surface area contributed by atoms with Gasteiger partial charge in [0.05, 0.1) is 6.10 Å². The van der Waals surface area contributed by atoms with Gasteiger partial charge >= 0.3 is 0 Å². The lowest BCUT2D eigenvalue weighted by molar-refractivity contribution is 0.0982. The Bertz CT molecular complexity index is 533. The minimum atomic E-state index is -0.760. The number of benzene rings is 1. The van der Waals surface area contributed by atoms with Crippen molar-refractivity contribution >= 4 is 0 Å². The fraction of sp³-hybridized carbons (Fsp3) is 0.556. The number of rotatable bonds is 7. The van der Waals surface area contributed by atoms with Crippen molar-refractivity contribution in [2.24, 2.45) is 5.73 Å². The van der Waals surface area contributed by atoms with Crippen molar-refractivity contribution in [2.45, 2.75) is 45.0 Å². The van der Waals surface area contributed by atoms with Crippen LogP contribution in [-0.4, -0.2) is 47.9 Å². The number of aliphatic hydroxyl groups is 1. The largest absolute Gasteiger partial charge is 0.486 e. The first kappa shape index (κ1) is 17.8. The summed E-state index contributed by atoms with van der Waals surface area (Å²) < 4.78 is 11.1. The number of aliphatic hydroxyl groups excluding tert-OH is 1. The maximum absolute atomic E-state index is 10.6. The number of hydrogen-bond acceptors (Lipinski definition) is 5. The Kier molecular flexibility index (Phi) is 6.04. The molecule has 0 aliphatic carbocycles. The van der Waals surface area contributed by atoms with Gasteiger partial charge in [0.15, 0.2) is 11.5 Å². The first-order valence-electron chi connectivity index (χ1n) is 8.15. The molecule has 0 bridgehead atoms. The Hall–Kier alpha value is -1.56. The Morgan fingerprint density at radius 2 is 1.91 bits per heavy atom. The van der Waals surface area contributed by atoms with Crippen LogP contribution in [0.15, 0.2) is 30.9 Å². The summed E-state index contributed by atoms with van der Waals surface area (Å²) in [6.45, 7) is 11.8. The molecule has 1 aromatic rings. The molecule has 128 valence electrons. The molecule has 3 unspecified atom stereocenters. The molecule has 1 aliphatic heterocycles. The van der Waals surface area contributed by atoms with E-state index in [0.29, 0.717) is 37.3 Å². The van der Waals surface area contributed by atoms with E-state index in [1.165, 1.54) is 0 Å². The van der Waals surface area contributed by atoms with Gasteiger partial charge in [0.1, 0.15) is 13.2 Å². The van der Waals surface area contributed by atoms with E-state index < -0.39 is 12.1 Å². The predicted octanol–water partition coefficient (Wildman–Crippen LogP) is 2.10. The molecule has 2 rings (SSSR count). The highest BCUT2D eigenvalue weighted by Crippen LogP contribution is 2.33. The Balaban J connectivity index is 2.09. The van der Waals surface area contributed by atoms with Gasteiger partial charge in [0.2, 0.25) is 0 Å². The van der Waals surface area contributed by atoms with E-state index >= 15 is 0 Å². The third-order valence-electron chi connectivity index (χ3n) is 4.26. The molecule has 0 fully saturated rings. The van der Waals surface area contributed by atoms with Gasteiger partial charge in [-0.25, -0.2) is 0 Å². The fourth-order valence-electron chi connectivity index (χ4n) is 2.82. The van der Waals surface area contributed by atoms with Crippen molar-refractivity contribution in [3.8, 4) is 11.5 Å². The second kappa shape index (κ2) is 7.81. The molecular formula is C18H28N2O3. The van der Waals surface area contributed by atoms with E-state index in [4.69, 9.17) is 15.2 Å². The topological polar surface area (TPSA) is 68.0 Å². The predicted molar refractivity (Wildman–Crippen MR) is 91.9 cm³/mol. The van der Waals surface area contributed by atoms with Crippen molar-refractivity contribution in [1.29, 1.82) is 0 Å². The summed E-state index contributed by atoms with van der Waals surface area (Å²) in [4.78, 5) is 2.22. The zero-order valence-corrected chi connectivity index (χ0v) is 14.2. The molecule has 1 aromatic carbocycles. The normalized spacial score (nSPS) is 17.9. The molecule has 1 aliphatic rings. The van der Waals surface area contributed by atoms with Crippen molar-refractivity contribution < 1.29 is 14.6 Å². The van der Waals surface area contributed by atoms with Crippen molar-refractivity contribution in [3.63, 3.8) is 0 Å². The maximum Gasteiger partial charge on any atom is 0.161 e. The number of hydrogen-bond donors (Lipinski definition) is 2. The monoisotopic (exact) mass is 320 g/mol. The average Bonchev–Trinajstić information content (AvgIpc) is 2.57. The van der Waals surface area contributed by atoms with Crippen LogP contribution in [0.25, 0.3) is 0 Å². The standard InChI is InChI=1S/C18H28N2O3/c1-5-13(4)20(12(2)3)11-15(19)18(21)14-6-7-16-17(10-14)23-9-8-22-16/h5-7,10,12-13,15,18,21H,1,8-9,11,19H2,2-4H3. The number of ether oxygens (including phenoxy) is 2.